The molecule has 1 aromatic carbocycles. The molecule has 0 unspecified atom stereocenters. The van der Waals surface area contributed by atoms with Gasteiger partial charge in [0.2, 0.25) is 15.9 Å². The number of hydrogen-bond donors (Lipinski definition) is 0. The van der Waals surface area contributed by atoms with Crippen LogP contribution in [0.1, 0.15) is 68.0 Å². The molecule has 0 spiro atoms. The van der Waals surface area contributed by atoms with Crippen molar-refractivity contribution in [2.24, 2.45) is 5.92 Å². The SMILES string of the molecule is CC[C@H]1CCCCN1C(=O)[C@@H]1CCCN(S(=O)(=O)c2c(C)noc2/C=C/c2ccc(C)cc2)C1. The Kier molecular flexibility index (Phi) is 7.57. The summed E-state index contributed by atoms with van der Waals surface area (Å²) < 4.78 is 34.2. The third-order valence-corrected chi connectivity index (χ3v) is 9.07. The van der Waals surface area contributed by atoms with Gasteiger partial charge in [-0.2, -0.15) is 4.31 Å². The molecule has 0 bridgehead atoms. The summed E-state index contributed by atoms with van der Waals surface area (Å²) in [6.45, 7) is 7.16. The predicted molar refractivity (Wildman–Crippen MR) is 132 cm³/mol. The van der Waals surface area contributed by atoms with Crippen LogP contribution >= 0.6 is 0 Å². The maximum Gasteiger partial charge on any atom is 0.248 e. The number of hydrogen-bond acceptors (Lipinski definition) is 5. The molecule has 184 valence electrons. The molecular weight excluding hydrogens is 450 g/mol. The normalized spacial score (nSPS) is 22.4. The highest BCUT2D eigenvalue weighted by molar-refractivity contribution is 7.89. The van der Waals surface area contributed by atoms with Crippen molar-refractivity contribution in [3.63, 3.8) is 0 Å². The lowest BCUT2D eigenvalue weighted by Crippen LogP contribution is -2.51. The molecule has 0 radical (unpaired) electrons. The molecule has 1 amide bonds. The number of carbonyl (C=O) groups is 1. The number of aryl methyl sites for hydroxylation is 2. The molecule has 0 aliphatic carbocycles. The van der Waals surface area contributed by atoms with E-state index in [1.54, 1.807) is 13.0 Å². The summed E-state index contributed by atoms with van der Waals surface area (Å²) in [5, 5.41) is 3.95. The van der Waals surface area contributed by atoms with Gasteiger partial charge >= 0.3 is 0 Å². The number of rotatable bonds is 6. The quantitative estimate of drug-likeness (QED) is 0.595. The molecule has 0 saturated carbocycles. The van der Waals surface area contributed by atoms with Crippen molar-refractivity contribution in [1.29, 1.82) is 0 Å². The standard InChI is InChI=1S/C26H35N3O4S/c1-4-23-9-5-6-17-29(23)26(30)22-8-7-16-28(18-22)34(31,32)25-20(3)27-33-24(25)15-14-21-12-10-19(2)11-13-21/h10-15,22-23H,4-9,16-18H2,1-3H3/b15-14+/t22-,23+/m1/s1. The number of amides is 1. The number of nitrogens with zero attached hydrogens (tertiary/aromatic N) is 3. The molecule has 3 heterocycles. The van der Waals surface area contributed by atoms with Gasteiger partial charge in [-0.3, -0.25) is 4.79 Å². The molecule has 2 aliphatic rings. The van der Waals surface area contributed by atoms with Crippen LogP contribution in [-0.2, 0) is 14.8 Å². The smallest absolute Gasteiger partial charge is 0.248 e. The fourth-order valence-corrected chi connectivity index (χ4v) is 6.86. The monoisotopic (exact) mass is 485 g/mol. The Morgan fingerprint density at radius 2 is 1.85 bits per heavy atom. The van der Waals surface area contributed by atoms with Crippen LogP contribution in [-0.4, -0.2) is 54.4 Å². The van der Waals surface area contributed by atoms with Crippen LogP contribution in [0, 0.1) is 19.8 Å². The topological polar surface area (TPSA) is 83.7 Å². The number of benzene rings is 1. The van der Waals surface area contributed by atoms with E-state index in [1.807, 2.05) is 42.2 Å². The summed E-state index contributed by atoms with van der Waals surface area (Å²) in [5.41, 5.74) is 2.43. The molecular formula is C26H35N3O4S. The maximum atomic E-state index is 13.7. The summed E-state index contributed by atoms with van der Waals surface area (Å²) in [7, 11) is -3.85. The molecule has 34 heavy (non-hydrogen) atoms. The van der Waals surface area contributed by atoms with Gasteiger partial charge in [-0.1, -0.05) is 48.0 Å². The zero-order chi connectivity index (χ0) is 24.3. The number of carbonyl (C=O) groups excluding carboxylic acids is 1. The molecule has 8 heteroatoms. The Balaban J connectivity index is 1.54. The average Bonchev–Trinajstić information content (AvgIpc) is 3.24. The third-order valence-electron chi connectivity index (χ3n) is 7.05. The van der Waals surface area contributed by atoms with Gasteiger partial charge in [-0.15, -0.1) is 0 Å². The fourth-order valence-electron chi connectivity index (χ4n) is 5.09. The van der Waals surface area contributed by atoms with Gasteiger partial charge in [-0.05, 0) is 64.0 Å². The molecule has 1 aromatic heterocycles. The summed E-state index contributed by atoms with van der Waals surface area (Å²) in [4.78, 5) is 15.5. The van der Waals surface area contributed by atoms with E-state index in [9.17, 15) is 13.2 Å². The largest absolute Gasteiger partial charge is 0.355 e. The van der Waals surface area contributed by atoms with Crippen LogP contribution in [0.25, 0.3) is 12.2 Å². The van der Waals surface area contributed by atoms with Crippen molar-refractivity contribution in [2.75, 3.05) is 19.6 Å². The van der Waals surface area contributed by atoms with Gasteiger partial charge in [0.15, 0.2) is 10.7 Å². The van der Waals surface area contributed by atoms with Crippen molar-refractivity contribution >= 4 is 28.1 Å². The molecule has 7 nitrogen and oxygen atoms in total. The lowest BCUT2D eigenvalue weighted by Gasteiger charge is -2.39. The maximum absolute atomic E-state index is 13.7. The van der Waals surface area contributed by atoms with Crippen molar-refractivity contribution < 1.29 is 17.7 Å². The third kappa shape index (κ3) is 5.13. The number of piperidine rings is 2. The Hall–Kier alpha value is -2.45. The highest BCUT2D eigenvalue weighted by Gasteiger charge is 2.39. The van der Waals surface area contributed by atoms with E-state index in [2.05, 4.69) is 12.1 Å². The number of aromatic nitrogens is 1. The zero-order valence-electron chi connectivity index (χ0n) is 20.4. The van der Waals surface area contributed by atoms with Crippen LogP contribution < -0.4 is 0 Å². The first kappa shape index (κ1) is 24.7. The van der Waals surface area contributed by atoms with E-state index in [0.29, 0.717) is 18.7 Å². The van der Waals surface area contributed by atoms with Gasteiger partial charge in [0.05, 0.1) is 5.92 Å². The number of likely N-dealkylation sites (tertiary alicyclic amines) is 1. The molecule has 0 N–H and O–H groups in total. The molecule has 2 fully saturated rings. The van der Waals surface area contributed by atoms with Gasteiger partial charge in [-0.25, -0.2) is 8.42 Å². The van der Waals surface area contributed by atoms with Crippen molar-refractivity contribution in [2.45, 2.75) is 70.2 Å². The molecule has 2 saturated heterocycles. The molecule has 2 atom stereocenters. The lowest BCUT2D eigenvalue weighted by atomic mass is 9.93. The average molecular weight is 486 g/mol. The first-order chi connectivity index (χ1) is 16.3. The van der Waals surface area contributed by atoms with Crippen LogP contribution in [0.2, 0.25) is 0 Å². The van der Waals surface area contributed by atoms with E-state index in [4.69, 9.17) is 4.52 Å². The summed E-state index contributed by atoms with van der Waals surface area (Å²) in [5.74, 6) is 0.0176. The second-order valence-electron chi connectivity index (χ2n) is 9.50. The van der Waals surface area contributed by atoms with Crippen LogP contribution in [0.15, 0.2) is 33.7 Å². The lowest BCUT2D eigenvalue weighted by molar-refractivity contribution is -0.140. The minimum absolute atomic E-state index is 0.0911. The van der Waals surface area contributed by atoms with Gasteiger partial charge in [0.25, 0.3) is 0 Å². The highest BCUT2D eigenvalue weighted by atomic mass is 32.2. The molecule has 4 rings (SSSR count). The van der Waals surface area contributed by atoms with Crippen molar-refractivity contribution in [1.82, 2.24) is 14.4 Å². The second-order valence-corrected chi connectivity index (χ2v) is 11.4. The van der Waals surface area contributed by atoms with Crippen molar-refractivity contribution in [3.05, 3.63) is 46.8 Å². The van der Waals surface area contributed by atoms with Crippen LogP contribution in [0.5, 0.6) is 0 Å². The van der Waals surface area contributed by atoms with Crippen LogP contribution in [0.3, 0.4) is 0 Å². The minimum atomic E-state index is -3.85. The summed E-state index contributed by atoms with van der Waals surface area (Å²) in [6.07, 6.45) is 9.02. The Labute approximate surface area is 202 Å². The zero-order valence-corrected chi connectivity index (χ0v) is 21.2. The first-order valence-corrected chi connectivity index (χ1v) is 13.8. The Morgan fingerprint density at radius 3 is 2.59 bits per heavy atom. The Morgan fingerprint density at radius 1 is 1.09 bits per heavy atom. The molecule has 2 aliphatic heterocycles. The second kappa shape index (κ2) is 10.4. The van der Waals surface area contributed by atoms with Crippen molar-refractivity contribution in [3.8, 4) is 0 Å². The molecule has 2 aromatic rings. The number of sulfonamides is 1. The predicted octanol–water partition coefficient (Wildman–Crippen LogP) is 4.65. The van der Waals surface area contributed by atoms with Gasteiger partial charge in [0.1, 0.15) is 5.69 Å². The van der Waals surface area contributed by atoms with Gasteiger partial charge < -0.3 is 9.42 Å². The van der Waals surface area contributed by atoms with E-state index in [-0.39, 0.29) is 35.1 Å². The highest BCUT2D eigenvalue weighted by Crippen LogP contribution is 2.31. The van der Waals surface area contributed by atoms with E-state index < -0.39 is 10.0 Å². The van der Waals surface area contributed by atoms with E-state index >= 15 is 0 Å². The summed E-state index contributed by atoms with van der Waals surface area (Å²) >= 11 is 0. The Bertz CT molecular complexity index is 1140. The van der Waals surface area contributed by atoms with E-state index in [1.165, 1.54) is 4.31 Å². The van der Waals surface area contributed by atoms with E-state index in [0.717, 1.165) is 49.8 Å². The first-order valence-electron chi connectivity index (χ1n) is 12.3. The minimum Gasteiger partial charge on any atom is -0.355 e. The fraction of sp³-hybridized carbons (Fsp3) is 0.538. The van der Waals surface area contributed by atoms with Gasteiger partial charge in [0, 0.05) is 25.7 Å². The van der Waals surface area contributed by atoms with Crippen LogP contribution in [0.4, 0.5) is 0 Å². The summed E-state index contributed by atoms with van der Waals surface area (Å²) in [6, 6.07) is 8.20.